The average Bonchev–Trinajstić information content (AvgIpc) is 3.68. The fourth-order valence-electron chi connectivity index (χ4n) is 11.1. The van der Waals surface area contributed by atoms with E-state index in [0.717, 1.165) is 0 Å². The largest absolute Gasteiger partial charge is 0.310 e. The first-order valence-electron chi connectivity index (χ1n) is 23.2. The van der Waals surface area contributed by atoms with Gasteiger partial charge in [0.25, 0.3) is 0 Å². The van der Waals surface area contributed by atoms with E-state index in [1.165, 1.54) is 110 Å². The zero-order valence-corrected chi connectivity index (χ0v) is 40.7. The van der Waals surface area contributed by atoms with Crippen molar-refractivity contribution in [2.45, 2.75) is 150 Å². The molecule has 6 aromatic carbocycles. The zero-order chi connectivity index (χ0) is 44.6. The predicted octanol–water partition coefficient (Wildman–Crippen LogP) is 13.8. The van der Waals surface area contributed by atoms with Crippen molar-refractivity contribution in [1.29, 1.82) is 0 Å². The van der Waals surface area contributed by atoms with Crippen molar-refractivity contribution < 1.29 is 0 Å². The Balaban J connectivity index is 1.40. The quantitative estimate of drug-likeness (QED) is 0.146. The summed E-state index contributed by atoms with van der Waals surface area (Å²) in [5.41, 5.74) is 21.7. The summed E-state index contributed by atoms with van der Waals surface area (Å²) in [6, 6.07) is 39.3. The first-order chi connectivity index (χ1) is 28.7. The third-order valence-corrected chi connectivity index (χ3v) is 14.9. The lowest BCUT2D eigenvalue weighted by Gasteiger charge is -2.43. The van der Waals surface area contributed by atoms with E-state index in [1.54, 1.807) is 0 Å². The first-order valence-corrected chi connectivity index (χ1v) is 23.2. The molecule has 62 heavy (non-hydrogen) atoms. The maximum absolute atomic E-state index is 2.67. The molecule has 4 heterocycles. The molecule has 2 aromatic heterocycles. The second kappa shape index (κ2) is 12.6. The van der Waals surface area contributed by atoms with Crippen LogP contribution in [0.25, 0.3) is 55.0 Å². The molecule has 0 radical (unpaired) electrons. The summed E-state index contributed by atoms with van der Waals surface area (Å²) in [6.45, 7) is 40.4. The minimum atomic E-state index is -0.301. The Labute approximate surface area is 371 Å². The van der Waals surface area contributed by atoms with Crippen LogP contribution in [0.15, 0.2) is 97.1 Å². The van der Waals surface area contributed by atoms with Crippen molar-refractivity contribution in [2.75, 3.05) is 0 Å². The summed E-state index contributed by atoms with van der Waals surface area (Å²) in [6.07, 6.45) is 0. The van der Waals surface area contributed by atoms with E-state index in [2.05, 4.69) is 224 Å². The van der Waals surface area contributed by atoms with Gasteiger partial charge in [-0.3, -0.25) is 0 Å². The Bertz CT molecular complexity index is 3200. The van der Waals surface area contributed by atoms with Crippen LogP contribution in [0.1, 0.15) is 157 Å². The summed E-state index contributed by atoms with van der Waals surface area (Å²) >= 11 is 0. The van der Waals surface area contributed by atoms with E-state index in [0.29, 0.717) is 0 Å². The molecule has 0 fully saturated rings. The summed E-state index contributed by atoms with van der Waals surface area (Å²) in [5, 5.41) is 5.48. The summed E-state index contributed by atoms with van der Waals surface area (Å²) in [5.74, 6) is 0. The number of benzene rings is 6. The van der Waals surface area contributed by atoms with E-state index in [9.17, 15) is 0 Å². The van der Waals surface area contributed by atoms with Gasteiger partial charge in [0.1, 0.15) is 0 Å². The minimum absolute atomic E-state index is 0.00702. The standard InChI is InChI=1S/C59H67BN2/c1-54(2,3)34-18-22-39(23-19-34)61-47-26-21-36(56(7,8)9)29-42(47)50-48(61)27-24-44-51(50)59(16,17)43-31-38(58(13,14)15)33-49-52(43)60(44)45-32-37(57(10,11)12)30-41-40-28-35(55(4,5)6)20-25-46(40)62(49)53(41)45/h18-33H,1-17H3. The zero-order valence-electron chi connectivity index (χ0n) is 40.7. The maximum Gasteiger partial charge on any atom is 0.247 e. The van der Waals surface area contributed by atoms with Crippen molar-refractivity contribution in [3.8, 4) is 11.4 Å². The lowest BCUT2D eigenvalue weighted by Crippen LogP contribution is -2.63. The van der Waals surface area contributed by atoms with Crippen molar-refractivity contribution in [3.63, 3.8) is 0 Å². The van der Waals surface area contributed by atoms with Gasteiger partial charge in [-0.25, -0.2) is 0 Å². The number of fused-ring (bicyclic) bond motifs is 11. The van der Waals surface area contributed by atoms with Crippen LogP contribution in [-0.2, 0) is 32.5 Å². The van der Waals surface area contributed by atoms with Gasteiger partial charge in [-0.1, -0.05) is 166 Å². The van der Waals surface area contributed by atoms with Crippen LogP contribution in [0.2, 0.25) is 0 Å². The smallest absolute Gasteiger partial charge is 0.247 e. The molecule has 2 aliphatic rings. The molecule has 0 N–H and O–H groups in total. The molecule has 2 nitrogen and oxygen atoms in total. The van der Waals surface area contributed by atoms with Crippen LogP contribution in [-0.4, -0.2) is 15.8 Å². The van der Waals surface area contributed by atoms with Crippen LogP contribution in [0.3, 0.4) is 0 Å². The van der Waals surface area contributed by atoms with Gasteiger partial charge < -0.3 is 9.13 Å². The molecule has 0 atom stereocenters. The number of aromatic nitrogens is 2. The first kappa shape index (κ1) is 41.0. The molecule has 10 rings (SSSR count). The van der Waals surface area contributed by atoms with Crippen LogP contribution < -0.4 is 16.4 Å². The molecule has 8 aromatic rings. The van der Waals surface area contributed by atoms with Gasteiger partial charge in [-0.05, 0) is 132 Å². The monoisotopic (exact) mass is 815 g/mol. The third kappa shape index (κ3) is 5.82. The molecule has 0 amide bonds. The van der Waals surface area contributed by atoms with Crippen molar-refractivity contribution >= 4 is 66.7 Å². The molecule has 2 aliphatic heterocycles. The second-order valence-electron chi connectivity index (χ2n) is 24.8. The topological polar surface area (TPSA) is 9.86 Å². The van der Waals surface area contributed by atoms with Crippen molar-refractivity contribution in [1.82, 2.24) is 9.13 Å². The lowest BCUT2D eigenvalue weighted by molar-refractivity contribution is 0.583. The molecule has 0 saturated carbocycles. The predicted molar refractivity (Wildman–Crippen MR) is 272 cm³/mol. The molecule has 0 aliphatic carbocycles. The Kier molecular flexibility index (Phi) is 8.32. The summed E-state index contributed by atoms with van der Waals surface area (Å²) < 4.78 is 5.22. The van der Waals surface area contributed by atoms with E-state index < -0.39 is 0 Å². The number of nitrogens with zero attached hydrogens (tertiary/aromatic N) is 2. The second-order valence-corrected chi connectivity index (χ2v) is 24.8. The Morgan fingerprint density at radius 2 is 0.903 bits per heavy atom. The van der Waals surface area contributed by atoms with Gasteiger partial charge in [0.05, 0.1) is 16.6 Å². The van der Waals surface area contributed by atoms with Crippen molar-refractivity contribution in [2.24, 2.45) is 0 Å². The lowest BCUT2D eigenvalue weighted by atomic mass is 9.30. The average molecular weight is 815 g/mol. The normalized spacial score (nSPS) is 15.3. The van der Waals surface area contributed by atoms with Gasteiger partial charge in [0.2, 0.25) is 6.71 Å². The number of hydrogen-bond donors (Lipinski definition) is 0. The van der Waals surface area contributed by atoms with E-state index in [4.69, 9.17) is 0 Å². The van der Waals surface area contributed by atoms with Crippen LogP contribution in [0.4, 0.5) is 0 Å². The van der Waals surface area contributed by atoms with Crippen LogP contribution in [0.5, 0.6) is 0 Å². The van der Waals surface area contributed by atoms with E-state index in [1.807, 2.05) is 0 Å². The molecule has 316 valence electrons. The van der Waals surface area contributed by atoms with E-state index in [-0.39, 0.29) is 39.2 Å². The highest BCUT2D eigenvalue weighted by Gasteiger charge is 2.47. The molecule has 0 spiro atoms. The Morgan fingerprint density at radius 3 is 1.47 bits per heavy atom. The highest BCUT2D eigenvalue weighted by atomic mass is 15.0. The molecular weight excluding hydrogens is 747 g/mol. The molecule has 3 heteroatoms. The van der Waals surface area contributed by atoms with Gasteiger partial charge in [0.15, 0.2) is 0 Å². The molecule has 0 bridgehead atoms. The Hall–Kier alpha value is -5.02. The summed E-state index contributed by atoms with van der Waals surface area (Å²) in [4.78, 5) is 0. The maximum atomic E-state index is 2.67. The molecule has 0 unspecified atom stereocenters. The molecular formula is C59H67BN2. The van der Waals surface area contributed by atoms with Gasteiger partial charge in [0, 0.05) is 43.9 Å². The highest BCUT2D eigenvalue weighted by Crippen LogP contribution is 2.47. The Morgan fingerprint density at radius 1 is 0.419 bits per heavy atom. The van der Waals surface area contributed by atoms with E-state index >= 15 is 0 Å². The minimum Gasteiger partial charge on any atom is -0.310 e. The van der Waals surface area contributed by atoms with Gasteiger partial charge in [-0.15, -0.1) is 0 Å². The third-order valence-electron chi connectivity index (χ3n) is 14.9. The van der Waals surface area contributed by atoms with Gasteiger partial charge >= 0.3 is 0 Å². The van der Waals surface area contributed by atoms with Crippen LogP contribution in [0, 0.1) is 0 Å². The number of rotatable bonds is 1. The number of hydrogen-bond acceptors (Lipinski definition) is 0. The summed E-state index contributed by atoms with van der Waals surface area (Å²) in [7, 11) is 0. The fraction of sp³-hybridized carbons (Fsp3) is 0.390. The highest BCUT2D eigenvalue weighted by molar-refractivity contribution is 6.99. The van der Waals surface area contributed by atoms with Crippen molar-refractivity contribution in [3.05, 3.63) is 136 Å². The van der Waals surface area contributed by atoms with Gasteiger partial charge in [-0.2, -0.15) is 0 Å². The van der Waals surface area contributed by atoms with Crippen LogP contribution >= 0.6 is 0 Å². The fourth-order valence-corrected chi connectivity index (χ4v) is 11.1. The molecule has 0 saturated heterocycles. The SMILES string of the molecule is CC(C)(C)c1ccc(-n2c3ccc(C(C)(C)C)cc3c3c4c(ccc32)B2c3c(cc(C(C)(C)C)cc3C4(C)C)-n3c4ccc(C(C)(C)C)cc4c4cc(C(C)(C)C)cc2c43)cc1.